The zero-order valence-electron chi connectivity index (χ0n) is 12.5. The van der Waals surface area contributed by atoms with Gasteiger partial charge < -0.3 is 24.4 Å². The van der Waals surface area contributed by atoms with Crippen LogP contribution in [-0.4, -0.2) is 27.6 Å². The molecule has 0 fully saturated rings. The van der Waals surface area contributed by atoms with Crippen molar-refractivity contribution in [3.8, 4) is 17.2 Å². The van der Waals surface area contributed by atoms with Gasteiger partial charge in [-0.25, -0.2) is 0 Å². The molecular weight excluding hydrogens is 340 g/mol. The molecule has 0 spiro atoms. The first-order chi connectivity index (χ1) is 11.1. The largest absolute Gasteiger partial charge is 0.788 e. The quantitative estimate of drug-likeness (QED) is 0.735. The Morgan fingerprint density at radius 3 is 2.30 bits per heavy atom. The van der Waals surface area contributed by atoms with Gasteiger partial charge in [-0.05, 0) is 36.4 Å². The van der Waals surface area contributed by atoms with Crippen LogP contribution < -0.4 is 19.8 Å². The first kappa shape index (κ1) is 17.8. The van der Waals surface area contributed by atoms with E-state index in [1.165, 1.54) is 7.11 Å². The fourth-order valence-corrected chi connectivity index (χ4v) is 2.01. The number of nitrogens with two attached hydrogens (primary N) is 1. The van der Waals surface area contributed by atoms with Crippen molar-refractivity contribution in [2.45, 2.75) is 0 Å². The Morgan fingerprint density at radius 1 is 0.957 bits per heavy atom. The highest BCUT2D eigenvalue weighted by atomic mass is 35.5. The van der Waals surface area contributed by atoms with Gasteiger partial charge in [0.1, 0.15) is 11.5 Å². The smallest absolute Gasteiger partial charge is 0.501 e. The van der Waals surface area contributed by atoms with Crippen molar-refractivity contribution in [3.63, 3.8) is 0 Å². The molecule has 0 aliphatic heterocycles. The number of rotatable bonds is 8. The topological polar surface area (TPSA) is 62.9 Å². The SMILES string of the molecule is COc1cc(Cl)ccc1OB(OCCN)Oc1ccc(Cl)cc1. The summed E-state index contributed by atoms with van der Waals surface area (Å²) >= 11 is 11.8. The molecule has 0 saturated carbocycles. The summed E-state index contributed by atoms with van der Waals surface area (Å²) in [5.41, 5.74) is 5.46. The lowest BCUT2D eigenvalue weighted by Gasteiger charge is -2.17. The average molecular weight is 356 g/mol. The molecule has 2 N–H and O–H groups in total. The number of hydrogen-bond acceptors (Lipinski definition) is 5. The molecule has 122 valence electrons. The highest BCUT2D eigenvalue weighted by molar-refractivity contribution is 6.38. The minimum absolute atomic E-state index is 0.272. The number of halogens is 2. The first-order valence-electron chi connectivity index (χ1n) is 6.86. The van der Waals surface area contributed by atoms with E-state index in [9.17, 15) is 0 Å². The Hall–Kier alpha value is -1.60. The van der Waals surface area contributed by atoms with Crippen LogP contribution in [0, 0.1) is 0 Å². The van der Waals surface area contributed by atoms with Crippen LogP contribution in [0.25, 0.3) is 0 Å². The van der Waals surface area contributed by atoms with Crippen LogP contribution in [0.5, 0.6) is 17.2 Å². The maximum atomic E-state index is 5.93. The van der Waals surface area contributed by atoms with Crippen LogP contribution in [0.2, 0.25) is 10.0 Å². The van der Waals surface area contributed by atoms with Crippen LogP contribution in [0.15, 0.2) is 42.5 Å². The molecule has 0 saturated heterocycles. The summed E-state index contributed by atoms with van der Waals surface area (Å²) in [5, 5.41) is 1.14. The van der Waals surface area contributed by atoms with E-state index in [0.717, 1.165) is 0 Å². The highest BCUT2D eigenvalue weighted by Crippen LogP contribution is 2.30. The second-order valence-electron chi connectivity index (χ2n) is 4.43. The Kier molecular flexibility index (Phi) is 6.86. The zero-order chi connectivity index (χ0) is 16.7. The Balaban J connectivity index is 2.13. The minimum atomic E-state index is -0.991. The molecule has 0 unspecified atom stereocenters. The molecule has 0 aliphatic carbocycles. The van der Waals surface area contributed by atoms with Crippen LogP contribution in [0.1, 0.15) is 0 Å². The summed E-state index contributed by atoms with van der Waals surface area (Å²) in [7, 11) is 0.531. The maximum absolute atomic E-state index is 5.93. The lowest BCUT2D eigenvalue weighted by molar-refractivity contribution is 0.204. The Morgan fingerprint density at radius 2 is 1.65 bits per heavy atom. The van der Waals surface area contributed by atoms with E-state index in [1.54, 1.807) is 42.5 Å². The van der Waals surface area contributed by atoms with Crippen molar-refractivity contribution < 1.29 is 18.7 Å². The van der Waals surface area contributed by atoms with E-state index in [-0.39, 0.29) is 6.61 Å². The number of ether oxygens (including phenoxy) is 1. The molecular formula is C15H16BCl2NO4. The van der Waals surface area contributed by atoms with Crippen molar-refractivity contribution >= 4 is 30.5 Å². The predicted molar refractivity (Wildman–Crippen MR) is 91.5 cm³/mol. The molecule has 0 atom stereocenters. The Bertz CT molecular complexity index is 627. The third-order valence-corrected chi connectivity index (χ3v) is 3.25. The molecule has 5 nitrogen and oxygen atoms in total. The van der Waals surface area contributed by atoms with Crippen molar-refractivity contribution in [3.05, 3.63) is 52.5 Å². The van der Waals surface area contributed by atoms with Crippen molar-refractivity contribution in [1.82, 2.24) is 0 Å². The minimum Gasteiger partial charge on any atom is -0.501 e. The summed E-state index contributed by atoms with van der Waals surface area (Å²) in [4.78, 5) is 0. The normalized spacial score (nSPS) is 10.3. The summed E-state index contributed by atoms with van der Waals surface area (Å²) < 4.78 is 22.1. The second kappa shape index (κ2) is 8.89. The van der Waals surface area contributed by atoms with E-state index in [0.29, 0.717) is 33.8 Å². The molecule has 2 aromatic carbocycles. The molecule has 8 heteroatoms. The molecule has 2 rings (SSSR count). The van der Waals surface area contributed by atoms with Gasteiger partial charge in [-0.1, -0.05) is 23.2 Å². The van der Waals surface area contributed by atoms with Gasteiger partial charge in [0.05, 0.1) is 7.11 Å². The fourth-order valence-electron chi connectivity index (χ4n) is 1.72. The average Bonchev–Trinajstić information content (AvgIpc) is 2.56. The molecule has 23 heavy (non-hydrogen) atoms. The van der Waals surface area contributed by atoms with E-state index in [4.69, 9.17) is 47.6 Å². The highest BCUT2D eigenvalue weighted by Gasteiger charge is 2.28. The molecule has 2 aromatic rings. The predicted octanol–water partition coefficient (Wildman–Crippen LogP) is 3.42. The van der Waals surface area contributed by atoms with E-state index >= 15 is 0 Å². The van der Waals surface area contributed by atoms with Gasteiger partial charge in [0, 0.05) is 29.3 Å². The lowest BCUT2D eigenvalue weighted by atomic mass is 10.2. The van der Waals surface area contributed by atoms with Gasteiger partial charge >= 0.3 is 7.32 Å². The standard InChI is InChI=1S/C15H16BCl2NO4/c1-20-15-10-12(18)4-7-14(15)23-16(21-9-8-19)22-13-5-2-11(17)3-6-13/h2-7,10H,8-9,19H2,1H3. The van der Waals surface area contributed by atoms with E-state index in [2.05, 4.69) is 0 Å². The summed E-state index contributed by atoms with van der Waals surface area (Å²) in [6.45, 7) is 0.607. The third kappa shape index (κ3) is 5.51. The van der Waals surface area contributed by atoms with E-state index in [1.807, 2.05) is 0 Å². The van der Waals surface area contributed by atoms with Crippen LogP contribution in [0.3, 0.4) is 0 Å². The fraction of sp³-hybridized carbons (Fsp3) is 0.200. The molecule has 0 radical (unpaired) electrons. The monoisotopic (exact) mass is 355 g/mol. The molecule has 0 aliphatic rings. The van der Waals surface area contributed by atoms with Gasteiger partial charge in [0.25, 0.3) is 0 Å². The molecule has 0 aromatic heterocycles. The van der Waals surface area contributed by atoms with Crippen molar-refractivity contribution in [2.24, 2.45) is 5.73 Å². The van der Waals surface area contributed by atoms with Crippen LogP contribution in [-0.2, 0) is 4.65 Å². The zero-order valence-corrected chi connectivity index (χ0v) is 14.0. The maximum Gasteiger partial charge on any atom is 0.788 e. The van der Waals surface area contributed by atoms with Gasteiger partial charge in [-0.15, -0.1) is 0 Å². The van der Waals surface area contributed by atoms with Crippen molar-refractivity contribution in [2.75, 3.05) is 20.3 Å². The number of benzene rings is 2. The molecule has 0 heterocycles. The number of methoxy groups -OCH3 is 1. The molecule has 0 amide bonds. The van der Waals surface area contributed by atoms with Crippen molar-refractivity contribution in [1.29, 1.82) is 0 Å². The third-order valence-electron chi connectivity index (χ3n) is 2.77. The molecule has 0 bridgehead atoms. The lowest BCUT2D eigenvalue weighted by Crippen LogP contribution is -2.35. The van der Waals surface area contributed by atoms with Gasteiger partial charge in [0.2, 0.25) is 0 Å². The van der Waals surface area contributed by atoms with Crippen LogP contribution >= 0.6 is 23.2 Å². The second-order valence-corrected chi connectivity index (χ2v) is 5.31. The summed E-state index contributed by atoms with van der Waals surface area (Å²) in [5.74, 6) is 1.45. The van der Waals surface area contributed by atoms with Crippen LogP contribution in [0.4, 0.5) is 0 Å². The van der Waals surface area contributed by atoms with Gasteiger partial charge in [-0.2, -0.15) is 0 Å². The van der Waals surface area contributed by atoms with E-state index < -0.39 is 7.32 Å². The Labute approximate surface area is 145 Å². The number of hydrogen-bond donors (Lipinski definition) is 1. The van der Waals surface area contributed by atoms with Gasteiger partial charge in [0.15, 0.2) is 5.75 Å². The van der Waals surface area contributed by atoms with Gasteiger partial charge in [-0.3, -0.25) is 0 Å². The summed E-state index contributed by atoms with van der Waals surface area (Å²) in [6, 6.07) is 11.8. The first-order valence-corrected chi connectivity index (χ1v) is 7.62. The summed E-state index contributed by atoms with van der Waals surface area (Å²) in [6.07, 6.45) is 0.